The summed E-state index contributed by atoms with van der Waals surface area (Å²) in [6.45, 7) is 4.74. The van der Waals surface area contributed by atoms with Gasteiger partial charge in [0.05, 0.1) is 12.8 Å². The SMILES string of the molecule is CC(C)CN(CC(=O)NCCC1=CCCCC1)S(C)(=O)=O. The highest BCUT2D eigenvalue weighted by Crippen LogP contribution is 2.19. The minimum absolute atomic E-state index is 0.0872. The Morgan fingerprint density at radius 2 is 2.10 bits per heavy atom. The van der Waals surface area contributed by atoms with Gasteiger partial charge in [0.25, 0.3) is 0 Å². The summed E-state index contributed by atoms with van der Waals surface area (Å²) in [7, 11) is -3.34. The van der Waals surface area contributed by atoms with E-state index in [2.05, 4.69) is 11.4 Å². The molecule has 0 saturated heterocycles. The number of carbonyl (C=O) groups is 1. The van der Waals surface area contributed by atoms with Crippen LogP contribution in [0.15, 0.2) is 11.6 Å². The van der Waals surface area contributed by atoms with E-state index in [0.717, 1.165) is 25.5 Å². The zero-order valence-corrected chi connectivity index (χ0v) is 14.2. The number of hydrogen-bond acceptors (Lipinski definition) is 3. The van der Waals surface area contributed by atoms with Gasteiger partial charge in [-0.3, -0.25) is 4.79 Å². The topological polar surface area (TPSA) is 66.5 Å². The molecule has 0 unspecified atom stereocenters. The van der Waals surface area contributed by atoms with E-state index in [1.165, 1.54) is 22.7 Å². The van der Waals surface area contributed by atoms with E-state index >= 15 is 0 Å². The summed E-state index contributed by atoms with van der Waals surface area (Å²) in [5.41, 5.74) is 1.41. The third-order valence-electron chi connectivity index (χ3n) is 3.51. The van der Waals surface area contributed by atoms with Crippen molar-refractivity contribution in [2.24, 2.45) is 5.92 Å². The van der Waals surface area contributed by atoms with Gasteiger partial charge in [0.2, 0.25) is 15.9 Å². The van der Waals surface area contributed by atoms with Gasteiger partial charge in [-0.25, -0.2) is 8.42 Å². The summed E-state index contributed by atoms with van der Waals surface area (Å²) >= 11 is 0. The number of hydrogen-bond donors (Lipinski definition) is 1. The first-order valence-corrected chi connectivity index (χ1v) is 9.53. The van der Waals surface area contributed by atoms with E-state index < -0.39 is 10.0 Å². The predicted octanol–water partition coefficient (Wildman–Crippen LogP) is 1.91. The van der Waals surface area contributed by atoms with E-state index in [4.69, 9.17) is 0 Å². The molecule has 0 radical (unpaired) electrons. The summed E-state index contributed by atoms with van der Waals surface area (Å²) in [5, 5.41) is 2.82. The monoisotopic (exact) mass is 316 g/mol. The van der Waals surface area contributed by atoms with Gasteiger partial charge in [-0.15, -0.1) is 0 Å². The molecule has 0 saturated carbocycles. The van der Waals surface area contributed by atoms with Crippen LogP contribution in [0.5, 0.6) is 0 Å². The molecule has 5 nitrogen and oxygen atoms in total. The molecule has 1 rings (SSSR count). The minimum atomic E-state index is -3.34. The van der Waals surface area contributed by atoms with Gasteiger partial charge in [-0.1, -0.05) is 25.5 Å². The maximum absolute atomic E-state index is 11.9. The Morgan fingerprint density at radius 1 is 1.38 bits per heavy atom. The Hall–Kier alpha value is -0.880. The van der Waals surface area contributed by atoms with E-state index in [1.807, 2.05) is 13.8 Å². The van der Waals surface area contributed by atoms with Crippen LogP contribution in [0, 0.1) is 5.92 Å². The number of sulfonamides is 1. The highest BCUT2D eigenvalue weighted by atomic mass is 32.2. The molecule has 1 aliphatic carbocycles. The van der Waals surface area contributed by atoms with Gasteiger partial charge in [0.1, 0.15) is 0 Å². The Bertz CT molecular complexity index is 469. The molecule has 0 aromatic rings. The quantitative estimate of drug-likeness (QED) is 0.696. The Balaban J connectivity index is 2.38. The van der Waals surface area contributed by atoms with Crippen LogP contribution in [0.25, 0.3) is 0 Å². The molecule has 0 aliphatic heterocycles. The van der Waals surface area contributed by atoms with Crippen molar-refractivity contribution in [2.45, 2.75) is 46.0 Å². The Morgan fingerprint density at radius 3 is 2.62 bits per heavy atom. The summed E-state index contributed by atoms with van der Waals surface area (Å²) in [6, 6.07) is 0. The lowest BCUT2D eigenvalue weighted by Gasteiger charge is -2.21. The van der Waals surface area contributed by atoms with E-state index in [1.54, 1.807) is 0 Å². The first kappa shape index (κ1) is 18.2. The number of nitrogens with one attached hydrogen (secondary N) is 1. The molecule has 0 aromatic carbocycles. The van der Waals surface area contributed by atoms with Crippen molar-refractivity contribution in [2.75, 3.05) is 25.9 Å². The molecule has 6 heteroatoms. The van der Waals surface area contributed by atoms with Crippen LogP contribution < -0.4 is 5.32 Å². The number of nitrogens with zero attached hydrogens (tertiary/aromatic N) is 1. The molecular formula is C15H28N2O3S. The summed E-state index contributed by atoms with van der Waals surface area (Å²) in [4.78, 5) is 11.9. The summed E-state index contributed by atoms with van der Waals surface area (Å²) in [6.07, 6.45) is 9.03. The number of carbonyl (C=O) groups excluding carboxylic acids is 1. The second-order valence-electron chi connectivity index (χ2n) is 6.16. The molecule has 122 valence electrons. The second-order valence-corrected chi connectivity index (χ2v) is 8.14. The predicted molar refractivity (Wildman–Crippen MR) is 85.4 cm³/mol. The van der Waals surface area contributed by atoms with Crippen molar-refractivity contribution in [1.29, 1.82) is 0 Å². The molecular weight excluding hydrogens is 288 g/mol. The highest BCUT2D eigenvalue weighted by Gasteiger charge is 2.20. The third-order valence-corrected chi connectivity index (χ3v) is 4.73. The van der Waals surface area contributed by atoms with Gasteiger partial charge in [-0.2, -0.15) is 4.31 Å². The van der Waals surface area contributed by atoms with Gasteiger partial charge >= 0.3 is 0 Å². The molecule has 0 heterocycles. The smallest absolute Gasteiger partial charge is 0.235 e. The highest BCUT2D eigenvalue weighted by molar-refractivity contribution is 7.88. The first-order chi connectivity index (χ1) is 9.79. The normalized spacial score (nSPS) is 16.1. The van der Waals surface area contributed by atoms with Crippen LogP contribution in [0.4, 0.5) is 0 Å². The lowest BCUT2D eigenvalue weighted by atomic mass is 9.97. The zero-order valence-electron chi connectivity index (χ0n) is 13.4. The Labute approximate surface area is 128 Å². The van der Waals surface area contributed by atoms with Gasteiger partial charge in [0, 0.05) is 13.1 Å². The molecule has 0 spiro atoms. The van der Waals surface area contributed by atoms with Crippen molar-refractivity contribution in [3.63, 3.8) is 0 Å². The number of rotatable bonds is 8. The largest absolute Gasteiger partial charge is 0.355 e. The van der Waals surface area contributed by atoms with Gasteiger partial charge in [0.15, 0.2) is 0 Å². The van der Waals surface area contributed by atoms with Crippen LogP contribution >= 0.6 is 0 Å². The van der Waals surface area contributed by atoms with Crippen molar-refractivity contribution < 1.29 is 13.2 Å². The molecule has 21 heavy (non-hydrogen) atoms. The van der Waals surface area contributed by atoms with E-state index in [9.17, 15) is 13.2 Å². The minimum Gasteiger partial charge on any atom is -0.355 e. The number of allylic oxidation sites excluding steroid dienone is 1. The molecule has 0 fully saturated rings. The van der Waals surface area contributed by atoms with Crippen LogP contribution in [-0.4, -0.2) is 44.5 Å². The van der Waals surface area contributed by atoms with E-state index in [0.29, 0.717) is 13.1 Å². The fourth-order valence-electron chi connectivity index (χ4n) is 2.43. The molecule has 0 aromatic heterocycles. The lowest BCUT2D eigenvalue weighted by Crippen LogP contribution is -2.42. The van der Waals surface area contributed by atoms with Crippen molar-refractivity contribution in [3.05, 3.63) is 11.6 Å². The van der Waals surface area contributed by atoms with E-state index in [-0.39, 0.29) is 18.4 Å². The second kappa shape index (κ2) is 8.54. The average molecular weight is 316 g/mol. The standard InChI is InChI=1S/C15H28N2O3S/c1-13(2)11-17(21(3,19)20)12-15(18)16-10-9-14-7-5-4-6-8-14/h7,13H,4-6,8-12H2,1-3H3,(H,16,18). The average Bonchev–Trinajstić information content (AvgIpc) is 2.37. The van der Waals surface area contributed by atoms with Gasteiger partial charge in [-0.05, 0) is 38.0 Å². The molecule has 1 aliphatic rings. The number of amides is 1. The van der Waals surface area contributed by atoms with Crippen molar-refractivity contribution >= 4 is 15.9 Å². The molecule has 1 N–H and O–H groups in total. The Kier molecular flexibility index (Phi) is 7.39. The zero-order chi connectivity index (χ0) is 15.9. The van der Waals surface area contributed by atoms with Crippen molar-refractivity contribution in [1.82, 2.24) is 9.62 Å². The fourth-order valence-corrected chi connectivity index (χ4v) is 3.36. The summed E-state index contributed by atoms with van der Waals surface area (Å²) in [5.74, 6) is -0.0302. The van der Waals surface area contributed by atoms with Crippen LogP contribution in [0.2, 0.25) is 0 Å². The molecule has 1 amide bonds. The lowest BCUT2D eigenvalue weighted by molar-refractivity contribution is -0.121. The molecule has 0 bridgehead atoms. The molecule has 0 atom stereocenters. The maximum atomic E-state index is 11.9. The van der Waals surface area contributed by atoms with Crippen LogP contribution in [0.3, 0.4) is 0 Å². The summed E-state index contributed by atoms with van der Waals surface area (Å²) < 4.78 is 24.6. The van der Waals surface area contributed by atoms with Crippen molar-refractivity contribution in [3.8, 4) is 0 Å². The van der Waals surface area contributed by atoms with Gasteiger partial charge < -0.3 is 5.32 Å². The first-order valence-electron chi connectivity index (χ1n) is 7.68. The van der Waals surface area contributed by atoms with Crippen LogP contribution in [0.1, 0.15) is 46.0 Å². The maximum Gasteiger partial charge on any atom is 0.235 e. The van der Waals surface area contributed by atoms with Crippen LogP contribution in [-0.2, 0) is 14.8 Å². The fraction of sp³-hybridized carbons (Fsp3) is 0.800. The third kappa shape index (κ3) is 7.62.